The zero-order valence-corrected chi connectivity index (χ0v) is 20.1. The maximum absolute atomic E-state index is 13.0. The average Bonchev–Trinajstić information content (AvgIpc) is 3.67. The van der Waals surface area contributed by atoms with Crippen LogP contribution in [0.15, 0.2) is 22.8 Å². The molecule has 0 aliphatic carbocycles. The minimum absolute atomic E-state index is 0.0534. The fraction of sp³-hybridized carbons (Fsp3) is 0.400. The average molecular weight is 503 g/mol. The molecule has 12 nitrogen and oxygen atoms in total. The third kappa shape index (κ3) is 3.79. The van der Waals surface area contributed by atoms with Crippen molar-refractivity contribution in [2.75, 3.05) is 60.6 Å². The van der Waals surface area contributed by atoms with Gasteiger partial charge in [-0.25, -0.2) is 9.97 Å². The van der Waals surface area contributed by atoms with Gasteiger partial charge >= 0.3 is 0 Å². The van der Waals surface area contributed by atoms with Crippen LogP contribution in [0, 0.1) is 11.3 Å². The van der Waals surface area contributed by atoms with Crippen LogP contribution in [-0.2, 0) is 16.0 Å². The van der Waals surface area contributed by atoms with Gasteiger partial charge in [0.1, 0.15) is 34.9 Å². The van der Waals surface area contributed by atoms with E-state index in [1.54, 1.807) is 21.9 Å². The Morgan fingerprint density at radius 2 is 1.89 bits per heavy atom. The summed E-state index contributed by atoms with van der Waals surface area (Å²) in [6.07, 6.45) is 3.34. The Hall–Kier alpha value is -4.37. The van der Waals surface area contributed by atoms with Crippen molar-refractivity contribution in [2.24, 2.45) is 0 Å². The van der Waals surface area contributed by atoms with Crippen LogP contribution in [-0.4, -0.2) is 72.1 Å². The van der Waals surface area contributed by atoms with Crippen LogP contribution >= 0.6 is 0 Å². The first-order chi connectivity index (χ1) is 18.0. The summed E-state index contributed by atoms with van der Waals surface area (Å²) in [7, 11) is 0. The van der Waals surface area contributed by atoms with Gasteiger partial charge in [0.2, 0.25) is 5.91 Å². The van der Waals surface area contributed by atoms with E-state index >= 15 is 0 Å². The molecule has 3 aromatic heterocycles. The number of aromatic nitrogens is 2. The number of amides is 2. The molecule has 6 rings (SSSR count). The van der Waals surface area contributed by atoms with E-state index < -0.39 is 0 Å². The Bertz CT molecular complexity index is 1430. The first kappa shape index (κ1) is 23.1. The van der Waals surface area contributed by atoms with Gasteiger partial charge in [0.15, 0.2) is 5.76 Å². The molecule has 1 atom stereocenters. The van der Waals surface area contributed by atoms with E-state index in [0.29, 0.717) is 72.9 Å². The molecule has 12 heteroatoms. The number of pyridine rings is 2. The Morgan fingerprint density at radius 1 is 1.14 bits per heavy atom. The van der Waals surface area contributed by atoms with Gasteiger partial charge in [-0.2, -0.15) is 5.26 Å². The molecule has 37 heavy (non-hydrogen) atoms. The SMILES string of the molecule is N#Cc1c(N2CCN(C(=O)c3ccco3)CC2)nc(N)c2c(N)nc3c(c12)CC(=O)N3C[C@H]1CCCO1. The van der Waals surface area contributed by atoms with Gasteiger partial charge in [-0.05, 0) is 25.0 Å². The van der Waals surface area contributed by atoms with Crippen molar-refractivity contribution in [3.8, 4) is 6.07 Å². The molecule has 4 N–H and O–H groups in total. The predicted molar refractivity (Wildman–Crippen MR) is 135 cm³/mol. The highest BCUT2D eigenvalue weighted by molar-refractivity contribution is 6.13. The highest BCUT2D eigenvalue weighted by Gasteiger charge is 2.36. The van der Waals surface area contributed by atoms with Crippen molar-refractivity contribution >= 4 is 45.9 Å². The van der Waals surface area contributed by atoms with Crippen LogP contribution in [0.5, 0.6) is 0 Å². The number of piperazine rings is 1. The molecule has 2 saturated heterocycles. The normalized spacial score (nSPS) is 19.5. The van der Waals surface area contributed by atoms with Crippen LogP contribution in [0.3, 0.4) is 0 Å². The summed E-state index contributed by atoms with van der Waals surface area (Å²) < 4.78 is 11.0. The van der Waals surface area contributed by atoms with Gasteiger partial charge in [-0.1, -0.05) is 0 Å². The van der Waals surface area contributed by atoms with E-state index in [0.717, 1.165) is 12.8 Å². The summed E-state index contributed by atoms with van der Waals surface area (Å²) >= 11 is 0. The second kappa shape index (κ2) is 8.94. The van der Waals surface area contributed by atoms with Crippen molar-refractivity contribution in [2.45, 2.75) is 25.4 Å². The number of fused-ring (bicyclic) bond motifs is 3. The number of carbonyl (C=O) groups is 2. The van der Waals surface area contributed by atoms with E-state index in [4.69, 9.17) is 20.6 Å². The highest BCUT2D eigenvalue weighted by Crippen LogP contribution is 2.42. The van der Waals surface area contributed by atoms with E-state index in [1.165, 1.54) is 6.26 Å². The molecule has 0 aromatic carbocycles. The van der Waals surface area contributed by atoms with Crippen LogP contribution < -0.4 is 21.3 Å². The first-order valence-electron chi connectivity index (χ1n) is 12.3. The summed E-state index contributed by atoms with van der Waals surface area (Å²) in [5.74, 6) is 1.13. The van der Waals surface area contributed by atoms with Crippen LogP contribution in [0.25, 0.3) is 10.8 Å². The van der Waals surface area contributed by atoms with Crippen LogP contribution in [0.4, 0.5) is 23.3 Å². The van der Waals surface area contributed by atoms with Crippen molar-refractivity contribution in [3.63, 3.8) is 0 Å². The van der Waals surface area contributed by atoms with E-state index in [2.05, 4.69) is 16.0 Å². The standard InChI is InChI=1S/C25H26N8O4/c26-12-16-19-15-11-18(34)33(13-14-3-1-9-36-14)24(15)30-22(28)20(19)21(27)29-23(16)31-5-7-32(8-6-31)25(35)17-4-2-10-37-17/h2,4,10,14H,1,3,5-9,11,13H2,(H2,27,29)(H2,28,30)/t14-/m1/s1. The van der Waals surface area contributed by atoms with Gasteiger partial charge in [0.25, 0.3) is 5.91 Å². The number of carbonyl (C=O) groups excluding carboxylic acids is 2. The molecule has 2 fully saturated rings. The summed E-state index contributed by atoms with van der Waals surface area (Å²) in [6, 6.07) is 5.60. The number of hydrogen-bond donors (Lipinski definition) is 2. The zero-order valence-electron chi connectivity index (χ0n) is 20.1. The zero-order chi connectivity index (χ0) is 25.7. The number of nitrogens with zero attached hydrogens (tertiary/aromatic N) is 6. The van der Waals surface area contributed by atoms with Gasteiger partial charge in [-0.15, -0.1) is 0 Å². The fourth-order valence-corrected chi connectivity index (χ4v) is 5.45. The number of ether oxygens (including phenoxy) is 1. The topological polar surface area (TPSA) is 168 Å². The molecule has 6 heterocycles. The predicted octanol–water partition coefficient (Wildman–Crippen LogP) is 1.29. The third-order valence-electron chi connectivity index (χ3n) is 7.27. The Kier molecular flexibility index (Phi) is 5.57. The van der Waals surface area contributed by atoms with Crippen molar-refractivity contribution in [1.82, 2.24) is 14.9 Å². The largest absolute Gasteiger partial charge is 0.459 e. The van der Waals surface area contributed by atoms with E-state index in [-0.39, 0.29) is 41.7 Å². The molecule has 3 aliphatic rings. The Labute approximate surface area is 212 Å². The highest BCUT2D eigenvalue weighted by atomic mass is 16.5. The number of nitriles is 1. The minimum Gasteiger partial charge on any atom is -0.459 e. The molecule has 0 radical (unpaired) electrons. The number of hydrogen-bond acceptors (Lipinski definition) is 10. The lowest BCUT2D eigenvalue weighted by molar-refractivity contribution is -0.117. The number of rotatable bonds is 4. The summed E-state index contributed by atoms with van der Waals surface area (Å²) in [6.45, 7) is 2.82. The lowest BCUT2D eigenvalue weighted by Crippen LogP contribution is -2.49. The number of nitrogens with two attached hydrogens (primary N) is 2. The van der Waals surface area contributed by atoms with Crippen LogP contribution in [0.1, 0.15) is 34.5 Å². The van der Waals surface area contributed by atoms with Crippen LogP contribution in [0.2, 0.25) is 0 Å². The molecule has 0 spiro atoms. The summed E-state index contributed by atoms with van der Waals surface area (Å²) in [5.41, 5.74) is 13.6. The molecule has 190 valence electrons. The summed E-state index contributed by atoms with van der Waals surface area (Å²) in [5, 5.41) is 11.2. The maximum atomic E-state index is 13.0. The minimum atomic E-state index is -0.183. The molecule has 0 saturated carbocycles. The Balaban J connectivity index is 1.37. The second-order valence-corrected chi connectivity index (χ2v) is 9.43. The van der Waals surface area contributed by atoms with E-state index in [1.807, 2.05) is 4.90 Å². The van der Waals surface area contributed by atoms with Gasteiger partial charge in [-0.3, -0.25) is 14.5 Å². The molecule has 0 bridgehead atoms. The molecule has 0 unspecified atom stereocenters. The quantitative estimate of drug-likeness (QED) is 0.530. The molecule has 2 amide bonds. The smallest absolute Gasteiger partial charge is 0.289 e. The lowest BCUT2D eigenvalue weighted by Gasteiger charge is -2.35. The monoisotopic (exact) mass is 502 g/mol. The summed E-state index contributed by atoms with van der Waals surface area (Å²) in [4.78, 5) is 40.0. The molecule has 3 aromatic rings. The number of furan rings is 1. The fourth-order valence-electron chi connectivity index (χ4n) is 5.45. The van der Waals surface area contributed by atoms with Crippen molar-refractivity contribution < 1.29 is 18.7 Å². The van der Waals surface area contributed by atoms with Crippen molar-refractivity contribution in [1.29, 1.82) is 5.26 Å². The number of nitrogen functional groups attached to an aromatic ring is 2. The van der Waals surface area contributed by atoms with Gasteiger partial charge < -0.3 is 30.4 Å². The van der Waals surface area contributed by atoms with Gasteiger partial charge in [0.05, 0.1) is 30.7 Å². The van der Waals surface area contributed by atoms with Gasteiger partial charge in [0, 0.05) is 43.7 Å². The molecule has 3 aliphatic heterocycles. The lowest BCUT2D eigenvalue weighted by atomic mass is 10.00. The van der Waals surface area contributed by atoms with E-state index in [9.17, 15) is 14.9 Å². The third-order valence-corrected chi connectivity index (χ3v) is 7.27. The first-order valence-corrected chi connectivity index (χ1v) is 12.3. The number of anilines is 4. The molecular formula is C25H26N8O4. The Morgan fingerprint density at radius 3 is 2.54 bits per heavy atom. The maximum Gasteiger partial charge on any atom is 0.289 e. The second-order valence-electron chi connectivity index (χ2n) is 9.43. The molecular weight excluding hydrogens is 476 g/mol. The van der Waals surface area contributed by atoms with Crippen molar-refractivity contribution in [3.05, 3.63) is 35.3 Å².